The van der Waals surface area contributed by atoms with Crippen LogP contribution in [-0.4, -0.2) is 39.2 Å². The average Bonchev–Trinajstić information content (AvgIpc) is 0.757. The van der Waals surface area contributed by atoms with Gasteiger partial charge >= 0.3 is 17.9 Å². The summed E-state index contributed by atoms with van der Waals surface area (Å²) in [6, 6.07) is 97.8. The molecule has 0 amide bonds. The van der Waals surface area contributed by atoms with Crippen molar-refractivity contribution in [2.45, 2.75) is 105 Å². The fraction of sp³-hybridized carbons (Fsp3) is 0.235. The van der Waals surface area contributed by atoms with Gasteiger partial charge in [0, 0.05) is 47.7 Å². The summed E-state index contributed by atoms with van der Waals surface area (Å²) in [4.78, 5) is 39.6. The van der Waals surface area contributed by atoms with Gasteiger partial charge in [-0.2, -0.15) is 0 Å². The number of hydrogen-bond donors (Lipinski definition) is 0. The van der Waals surface area contributed by atoms with Gasteiger partial charge in [0.25, 0.3) is 0 Å². The van der Waals surface area contributed by atoms with Crippen LogP contribution >= 0.6 is 21.4 Å². The average molecular weight is 1510 g/mol. The Balaban J connectivity index is 0.000000146. The number of methoxy groups -OCH3 is 3. The Morgan fingerprint density at radius 1 is 0.264 bits per heavy atom. The highest BCUT2D eigenvalue weighted by Gasteiger charge is 2.41. The first-order valence-corrected chi connectivity index (χ1v) is 43.5. The molecule has 0 saturated heterocycles. The third-order valence-electron chi connectivity index (χ3n) is 22.7. The largest absolute Gasteiger partial charge is 0.469 e. The van der Waals surface area contributed by atoms with Gasteiger partial charge in [-0.25, -0.2) is 0 Å². The van der Waals surface area contributed by atoms with Crippen LogP contribution in [0.15, 0.2) is 291 Å². The predicted molar refractivity (Wildman–Crippen MR) is 451 cm³/mol. The smallest absolute Gasteiger partial charge is 0.309 e. The fourth-order valence-electron chi connectivity index (χ4n) is 16.5. The second kappa shape index (κ2) is 35.2. The highest BCUT2D eigenvalue weighted by molar-refractivity contribution is 7.86. The van der Waals surface area contributed by atoms with Crippen molar-refractivity contribution < 1.29 is 42.3 Å². The molecule has 3 unspecified atom stereocenters. The molecule has 12 aliphatic rings. The lowest BCUT2D eigenvalue weighted by Gasteiger charge is -2.28. The number of hydrogen-bond acceptors (Lipinski definition) is 9. The number of aryl methyl sites for hydroxylation is 11. The minimum atomic E-state index is -3.36. The SMILES string of the molecule is COC(=O)C1Cc2ccc(c(C)c2)CCc2ccc(c(P(=O)(c3ccccc3)c3ccccc3)c2)CC1C(=O)OC.COC(=O)C1Cc2ccc(c(C)c2)CCc2ccc(c(P(=O)(c3ccccc3)c3ccccc3)c2)C[C@@H]1C.Cc1cc2ccc1CCc1ccc(c(P(=O)(c3ccccc3)c3ccccc3)c1)CC2. The lowest BCUT2D eigenvalue weighted by Crippen LogP contribution is -2.37. The van der Waals surface area contributed by atoms with Crippen molar-refractivity contribution in [3.05, 3.63) is 375 Å². The number of benzene rings is 12. The fourth-order valence-corrected chi connectivity index (χ4v) is 25.4. The first kappa shape index (κ1) is 77.9. The van der Waals surface area contributed by atoms with Gasteiger partial charge in [0.15, 0.2) is 21.4 Å². The molecule has 4 atom stereocenters. The van der Waals surface area contributed by atoms with Gasteiger partial charge in [0.2, 0.25) is 0 Å². The van der Waals surface area contributed by atoms with Gasteiger partial charge in [0.05, 0.1) is 39.1 Å². The van der Waals surface area contributed by atoms with Crippen molar-refractivity contribution in [1.82, 2.24) is 0 Å². The van der Waals surface area contributed by atoms with Crippen molar-refractivity contribution in [1.29, 1.82) is 0 Å². The Hall–Kier alpha value is -10.3. The van der Waals surface area contributed by atoms with Crippen LogP contribution in [0.1, 0.15) is 90.4 Å². The first-order chi connectivity index (χ1) is 53.4. The lowest BCUT2D eigenvalue weighted by atomic mass is 9.81. The lowest BCUT2D eigenvalue weighted by molar-refractivity contribution is -0.157. The molecule has 0 spiro atoms. The third kappa shape index (κ3) is 17.0. The molecule has 12 aliphatic carbocycles. The quantitative estimate of drug-likeness (QED) is 0.0667. The van der Waals surface area contributed by atoms with E-state index in [0.717, 1.165) is 127 Å². The van der Waals surface area contributed by atoms with Crippen molar-refractivity contribution in [3.8, 4) is 0 Å². The molecule has 110 heavy (non-hydrogen) atoms. The molecule has 0 N–H and O–H groups in total. The summed E-state index contributed by atoms with van der Waals surface area (Å²) in [5, 5.41) is 7.48. The number of carbonyl (C=O) groups is 3. The number of rotatable bonds is 12. The molecule has 12 aromatic carbocycles. The molecule has 24 rings (SSSR count). The molecule has 12 bridgehead atoms. The third-order valence-corrected chi connectivity index (χ3v) is 32.2. The van der Waals surface area contributed by atoms with Gasteiger partial charge in [0.1, 0.15) is 0 Å². The van der Waals surface area contributed by atoms with Crippen molar-refractivity contribution in [3.63, 3.8) is 0 Å². The second-order valence-electron chi connectivity index (χ2n) is 29.7. The van der Waals surface area contributed by atoms with Crippen LogP contribution in [0.25, 0.3) is 0 Å². The van der Waals surface area contributed by atoms with Crippen molar-refractivity contribution in [2.75, 3.05) is 21.3 Å². The summed E-state index contributed by atoms with van der Waals surface area (Å²) in [6.45, 7) is 8.55. The zero-order chi connectivity index (χ0) is 76.9. The van der Waals surface area contributed by atoms with Gasteiger partial charge in [-0.3, -0.25) is 14.4 Å². The van der Waals surface area contributed by atoms with E-state index in [-0.39, 0.29) is 24.2 Å². The Morgan fingerprint density at radius 2 is 0.500 bits per heavy atom. The molecule has 9 nitrogen and oxygen atoms in total. The topological polar surface area (TPSA) is 130 Å². The minimum Gasteiger partial charge on any atom is -0.469 e. The molecule has 0 aliphatic heterocycles. The van der Waals surface area contributed by atoms with Crippen LogP contribution in [0.3, 0.4) is 0 Å². The van der Waals surface area contributed by atoms with Gasteiger partial charge in [-0.15, -0.1) is 0 Å². The Labute approximate surface area is 649 Å². The van der Waals surface area contributed by atoms with Crippen molar-refractivity contribution in [2.24, 2.45) is 23.7 Å². The normalized spacial score (nSPS) is 16.3. The van der Waals surface area contributed by atoms with E-state index >= 15 is 13.7 Å². The molecule has 0 fully saturated rings. The summed E-state index contributed by atoms with van der Waals surface area (Å²) in [5.41, 5.74) is 17.6. The number of carbonyl (C=O) groups excluding carboxylic acids is 3. The van der Waals surface area contributed by atoms with E-state index in [1.54, 1.807) is 0 Å². The molecule has 558 valence electrons. The molecule has 0 radical (unpaired) electrons. The maximum atomic E-state index is 15.5. The van der Waals surface area contributed by atoms with E-state index in [2.05, 4.69) is 119 Å². The minimum absolute atomic E-state index is 0.00466. The van der Waals surface area contributed by atoms with Crippen molar-refractivity contribution >= 4 is 87.1 Å². The van der Waals surface area contributed by atoms with E-state index in [4.69, 9.17) is 14.2 Å². The second-order valence-corrected chi connectivity index (χ2v) is 37.9. The first-order valence-electron chi connectivity index (χ1n) is 38.4. The van der Waals surface area contributed by atoms with Crippen LogP contribution in [0, 0.1) is 44.4 Å². The van der Waals surface area contributed by atoms with E-state index in [0.29, 0.717) is 24.6 Å². The standard InChI is InChI=1S/C35H35O5P.C34H35O3P.C29H27OP/c1-24-20-26-16-18-27(24)17-14-25-15-19-28(23-32(35(37)40-3)31(21-26)34(36)39-2)33(22-25)41(38,29-10-6-4-7-11-29)30-12-8-5-9-13-30;1-24-20-27-16-18-28(24)17-14-26-15-19-29(21-25(2)32(22-27)34(35)37-3)33(23-26)38(36,30-10-6-4-7-11-30)31-12-8-5-9-13-31;1-22-20-23-12-16-25(22)17-13-24-15-19-26(18-14-23)29(21-24)31(30,27-8-4-2-5-9-27)28-10-6-3-7-11-28/h4-13,15-16,18-20,22,31-32H,14,17,21,23H2,1-3H3;4-13,15-16,18-20,23,25,32H,14,17,21-22H2,1-3H3;2-12,15-16,19-21H,13-14,17-18H2,1H3/t;25-,32?;/m.0./s1. The van der Waals surface area contributed by atoms with Crippen LogP contribution in [0.2, 0.25) is 0 Å². The molecular formula is C98H97O9P3. The molecule has 0 heterocycles. The highest BCUT2D eigenvalue weighted by atomic mass is 31.2. The number of esters is 3. The van der Waals surface area contributed by atoms with E-state index in [9.17, 15) is 14.4 Å². The molecule has 12 aromatic rings. The highest BCUT2D eigenvalue weighted by Crippen LogP contribution is 2.48. The molecule has 12 heteroatoms. The van der Waals surface area contributed by atoms with Crippen LogP contribution in [-0.2, 0) is 119 Å². The maximum absolute atomic E-state index is 15.5. The van der Waals surface area contributed by atoms with Crippen LogP contribution < -0.4 is 47.7 Å². The summed E-state index contributed by atoms with van der Waals surface area (Å²) in [6.07, 6.45) is 8.96. The van der Waals surface area contributed by atoms with Gasteiger partial charge in [-0.1, -0.05) is 280 Å². The summed E-state index contributed by atoms with van der Waals surface area (Å²) < 4.78 is 61.7. The number of ether oxygens (including phenoxy) is 3. The van der Waals surface area contributed by atoms with E-state index < -0.39 is 45.2 Å². The molecular weight excluding hydrogens is 1410 g/mol. The summed E-state index contributed by atoms with van der Waals surface area (Å²) in [5.74, 6) is -3.07. The van der Waals surface area contributed by atoms with Gasteiger partial charge < -0.3 is 27.9 Å². The van der Waals surface area contributed by atoms with Crippen LogP contribution in [0.5, 0.6) is 0 Å². The molecule has 0 aromatic heterocycles. The maximum Gasteiger partial charge on any atom is 0.309 e. The summed E-state index contributed by atoms with van der Waals surface area (Å²) >= 11 is 0. The Bertz CT molecular complexity index is 5260. The monoisotopic (exact) mass is 1510 g/mol. The van der Waals surface area contributed by atoms with Crippen LogP contribution in [0.4, 0.5) is 0 Å². The van der Waals surface area contributed by atoms with Gasteiger partial charge in [-0.05, 0) is 205 Å². The zero-order valence-corrected chi connectivity index (χ0v) is 66.7. The Morgan fingerprint density at radius 3 is 0.818 bits per heavy atom. The van der Waals surface area contributed by atoms with E-state index in [1.807, 2.05) is 200 Å². The summed E-state index contributed by atoms with van der Waals surface area (Å²) in [7, 11) is -5.36. The zero-order valence-electron chi connectivity index (χ0n) is 64.0. The van der Waals surface area contributed by atoms with E-state index in [1.165, 1.54) is 71.4 Å². The predicted octanol–water partition coefficient (Wildman–Crippen LogP) is 16.6. The molecule has 0 saturated carbocycles. The Kier molecular flexibility index (Phi) is 24.9.